The van der Waals surface area contributed by atoms with Gasteiger partial charge in [-0.05, 0) is 73.7 Å². The Bertz CT molecular complexity index is 1010. The highest BCUT2D eigenvalue weighted by Crippen LogP contribution is 2.43. The van der Waals surface area contributed by atoms with Gasteiger partial charge in [0.05, 0.1) is 36.2 Å². The van der Waals surface area contributed by atoms with Crippen molar-refractivity contribution in [2.45, 2.75) is 23.7 Å². The average molecular weight is 474 g/mol. The Morgan fingerprint density at radius 3 is 2.75 bits per heavy atom. The lowest BCUT2D eigenvalue weighted by molar-refractivity contribution is -0.116. The highest BCUT2D eigenvalue weighted by atomic mass is 35.5. The van der Waals surface area contributed by atoms with Gasteiger partial charge in [0, 0.05) is 35.5 Å². The van der Waals surface area contributed by atoms with Crippen LogP contribution in [0.5, 0.6) is 0 Å². The maximum Gasteiger partial charge on any atom is 0.239 e. The van der Waals surface area contributed by atoms with Crippen LogP contribution in [-0.4, -0.2) is 56.3 Å². The number of ether oxygens (including phenoxy) is 1. The van der Waals surface area contributed by atoms with E-state index in [9.17, 15) is 4.79 Å². The zero-order chi connectivity index (χ0) is 22.7. The van der Waals surface area contributed by atoms with Crippen molar-refractivity contribution in [1.29, 1.82) is 5.41 Å². The van der Waals surface area contributed by atoms with Crippen LogP contribution in [0.3, 0.4) is 0 Å². The van der Waals surface area contributed by atoms with Crippen LogP contribution in [0.1, 0.15) is 29.9 Å². The van der Waals surface area contributed by atoms with Crippen molar-refractivity contribution in [3.8, 4) is 0 Å². The van der Waals surface area contributed by atoms with Crippen LogP contribution < -0.4 is 16.0 Å². The number of hydrogen-bond acceptors (Lipinski definition) is 7. The van der Waals surface area contributed by atoms with Gasteiger partial charge in [-0.15, -0.1) is 0 Å². The lowest BCUT2D eigenvalue weighted by atomic mass is 10.1. The molecule has 1 aliphatic carbocycles. The lowest BCUT2D eigenvalue weighted by Crippen LogP contribution is -2.36. The van der Waals surface area contributed by atoms with Gasteiger partial charge in [-0.2, -0.15) is 0 Å². The van der Waals surface area contributed by atoms with Crippen molar-refractivity contribution in [1.82, 2.24) is 4.31 Å². The lowest BCUT2D eigenvalue weighted by Gasteiger charge is -2.29. The predicted octanol–water partition coefficient (Wildman–Crippen LogP) is 4.21. The molecule has 0 radical (unpaired) electrons. The number of hydrogen-bond donors (Lipinski definition) is 3. The van der Waals surface area contributed by atoms with Crippen molar-refractivity contribution in [2.24, 2.45) is 0 Å². The fourth-order valence-corrected chi connectivity index (χ4v) is 4.99. The summed E-state index contributed by atoms with van der Waals surface area (Å²) in [4.78, 5) is 15.7. The molecule has 0 bridgehead atoms. The van der Waals surface area contributed by atoms with E-state index in [2.05, 4.69) is 16.3 Å². The van der Waals surface area contributed by atoms with Crippen LogP contribution in [0.2, 0.25) is 5.02 Å². The molecule has 170 valence electrons. The molecule has 0 aromatic heterocycles. The maximum absolute atomic E-state index is 12.6. The first-order valence-electron chi connectivity index (χ1n) is 10.7. The quantitative estimate of drug-likeness (QED) is 0.302. The van der Waals surface area contributed by atoms with Gasteiger partial charge in [-0.1, -0.05) is 11.6 Å². The Hall–Kier alpha value is -2.26. The number of nitrogens with two attached hydrogens (primary N) is 1. The molecular weight excluding hydrogens is 446 g/mol. The summed E-state index contributed by atoms with van der Waals surface area (Å²) < 4.78 is 7.23. The van der Waals surface area contributed by atoms with E-state index in [4.69, 9.17) is 27.5 Å². The second-order valence-electron chi connectivity index (χ2n) is 8.13. The number of anilines is 3. The van der Waals surface area contributed by atoms with E-state index >= 15 is 0 Å². The number of nitrogen functional groups attached to an aromatic ring is 1. The number of likely N-dealkylation sites (N-methyl/N-ethyl adjacent to an activating group) is 1. The minimum Gasteiger partial charge on any atom is -0.397 e. The third-order valence-electron chi connectivity index (χ3n) is 5.60. The molecule has 1 amide bonds. The molecule has 2 aliphatic rings. The Kier molecular flexibility index (Phi) is 7.25. The molecule has 0 spiro atoms. The van der Waals surface area contributed by atoms with Crippen LogP contribution >= 0.6 is 23.5 Å². The largest absolute Gasteiger partial charge is 0.397 e. The summed E-state index contributed by atoms with van der Waals surface area (Å²) in [7, 11) is 1.85. The predicted molar refractivity (Wildman–Crippen MR) is 132 cm³/mol. The highest BCUT2D eigenvalue weighted by molar-refractivity contribution is 7.97. The van der Waals surface area contributed by atoms with Crippen molar-refractivity contribution in [3.63, 3.8) is 0 Å². The molecule has 32 heavy (non-hydrogen) atoms. The van der Waals surface area contributed by atoms with Gasteiger partial charge in [-0.3, -0.25) is 4.79 Å². The van der Waals surface area contributed by atoms with Crippen LogP contribution in [0, 0.1) is 5.41 Å². The molecule has 2 fully saturated rings. The average Bonchev–Trinajstić information content (AvgIpc) is 3.61. The molecule has 1 aliphatic heterocycles. The Balaban J connectivity index is 1.36. The van der Waals surface area contributed by atoms with Gasteiger partial charge in [-0.25, -0.2) is 4.31 Å². The van der Waals surface area contributed by atoms with Gasteiger partial charge < -0.3 is 26.1 Å². The zero-order valence-corrected chi connectivity index (χ0v) is 19.6. The van der Waals surface area contributed by atoms with E-state index in [-0.39, 0.29) is 12.5 Å². The summed E-state index contributed by atoms with van der Waals surface area (Å²) in [5, 5.41) is 11.2. The van der Waals surface area contributed by atoms with E-state index in [1.165, 1.54) is 36.6 Å². The number of halogens is 1. The number of carbonyl (C=O) groups is 1. The van der Waals surface area contributed by atoms with E-state index in [1.807, 2.05) is 29.6 Å². The number of amides is 1. The molecule has 1 saturated carbocycles. The molecule has 1 saturated heterocycles. The molecule has 9 heteroatoms. The molecule has 4 N–H and O–H groups in total. The van der Waals surface area contributed by atoms with Crippen molar-refractivity contribution >= 4 is 52.7 Å². The van der Waals surface area contributed by atoms with Crippen LogP contribution in [0.4, 0.5) is 17.1 Å². The Morgan fingerprint density at radius 2 is 2.09 bits per heavy atom. The number of nitrogens with zero attached hydrogens (tertiary/aromatic N) is 2. The number of rotatable bonds is 8. The van der Waals surface area contributed by atoms with E-state index in [1.54, 1.807) is 6.07 Å². The Morgan fingerprint density at radius 1 is 1.34 bits per heavy atom. The third-order valence-corrected chi connectivity index (χ3v) is 6.88. The summed E-state index contributed by atoms with van der Waals surface area (Å²) in [5.41, 5.74) is 10.4. The van der Waals surface area contributed by atoms with Crippen molar-refractivity contribution in [3.05, 3.63) is 46.5 Å². The summed E-state index contributed by atoms with van der Waals surface area (Å²) >= 11 is 7.89. The van der Waals surface area contributed by atoms with Crippen LogP contribution in [0.25, 0.3) is 0 Å². The molecule has 2 aromatic carbocycles. The maximum atomic E-state index is 12.6. The van der Waals surface area contributed by atoms with Crippen LogP contribution in [-0.2, 0) is 9.53 Å². The summed E-state index contributed by atoms with van der Waals surface area (Å²) in [5.74, 6) is 0.423. The summed E-state index contributed by atoms with van der Waals surface area (Å²) in [6.07, 6.45) is 3.65. The molecule has 2 aromatic rings. The van der Waals surface area contributed by atoms with Crippen molar-refractivity contribution < 1.29 is 9.53 Å². The van der Waals surface area contributed by atoms with Gasteiger partial charge in [0.2, 0.25) is 5.91 Å². The number of nitrogens with one attached hydrogen (secondary N) is 2. The number of benzene rings is 2. The SMILES string of the molecule is CN(CC(=O)Nc1ccc(N2CCOCC2)c(Cl)c1)Sc1cc(C2CC2)cc(C=N)c1N. The molecular formula is C23H28ClN5O2S. The second kappa shape index (κ2) is 10.1. The van der Waals surface area contributed by atoms with E-state index < -0.39 is 0 Å². The van der Waals surface area contributed by atoms with E-state index in [0.29, 0.717) is 35.5 Å². The van der Waals surface area contributed by atoms with Gasteiger partial charge in [0.15, 0.2) is 0 Å². The number of carbonyl (C=O) groups excluding carboxylic acids is 1. The van der Waals surface area contributed by atoms with Gasteiger partial charge in [0.25, 0.3) is 0 Å². The first kappa shape index (κ1) is 22.9. The minimum absolute atomic E-state index is 0.139. The monoisotopic (exact) mass is 473 g/mol. The van der Waals surface area contributed by atoms with E-state index in [0.717, 1.165) is 29.2 Å². The molecule has 1 heterocycles. The topological polar surface area (TPSA) is 94.7 Å². The normalized spacial score (nSPS) is 16.3. The smallest absolute Gasteiger partial charge is 0.239 e. The highest BCUT2D eigenvalue weighted by Gasteiger charge is 2.25. The minimum atomic E-state index is -0.139. The molecule has 4 rings (SSSR count). The fraction of sp³-hybridized carbons (Fsp3) is 0.391. The summed E-state index contributed by atoms with van der Waals surface area (Å²) in [6.45, 7) is 3.17. The molecule has 7 nitrogen and oxygen atoms in total. The molecule has 0 unspecified atom stereocenters. The summed E-state index contributed by atoms with van der Waals surface area (Å²) in [6, 6.07) is 9.68. The first-order chi connectivity index (χ1) is 15.4. The number of morpholine rings is 1. The standard InChI is InChI=1S/C23H28ClN5O2S/c1-28(32-21-11-16(15-2-3-15)10-17(13-25)23(21)26)14-22(30)27-18-4-5-20(19(24)12-18)29-6-8-31-9-7-29/h4-5,10-13,15,25H,2-3,6-9,14,26H2,1H3,(H,27,30). The molecule has 0 atom stereocenters. The second-order valence-corrected chi connectivity index (χ2v) is 9.78. The fourth-order valence-electron chi connectivity index (χ4n) is 3.77. The van der Waals surface area contributed by atoms with Gasteiger partial charge in [0.1, 0.15) is 0 Å². The van der Waals surface area contributed by atoms with Crippen LogP contribution in [0.15, 0.2) is 35.2 Å². The zero-order valence-electron chi connectivity index (χ0n) is 18.1. The van der Waals surface area contributed by atoms with Crippen molar-refractivity contribution in [2.75, 3.05) is 55.8 Å². The third kappa shape index (κ3) is 5.56. The first-order valence-corrected chi connectivity index (χ1v) is 11.8. The Labute approximate surface area is 197 Å². The van der Waals surface area contributed by atoms with Gasteiger partial charge >= 0.3 is 0 Å².